The number of carbonyl (C=O) groups excluding carboxylic acids is 2. The molecule has 7 nitrogen and oxygen atoms in total. The van der Waals surface area contributed by atoms with Gasteiger partial charge in [0.25, 0.3) is 5.91 Å². The lowest BCUT2D eigenvalue weighted by molar-refractivity contribution is -0.121. The zero-order chi connectivity index (χ0) is 18.9. The van der Waals surface area contributed by atoms with E-state index in [-0.39, 0.29) is 23.9 Å². The third-order valence-electron chi connectivity index (χ3n) is 3.79. The van der Waals surface area contributed by atoms with Crippen LogP contribution in [0.3, 0.4) is 0 Å². The fourth-order valence-electron chi connectivity index (χ4n) is 2.24. The number of rotatable bonds is 9. The van der Waals surface area contributed by atoms with Crippen molar-refractivity contribution in [2.45, 2.75) is 39.5 Å². The Balaban J connectivity index is 1.60. The van der Waals surface area contributed by atoms with Crippen molar-refractivity contribution >= 4 is 11.8 Å². The molecule has 0 saturated carbocycles. The van der Waals surface area contributed by atoms with Crippen molar-refractivity contribution in [3.05, 3.63) is 46.9 Å². The molecule has 2 aromatic rings. The van der Waals surface area contributed by atoms with Crippen molar-refractivity contribution in [2.75, 3.05) is 13.1 Å². The second kappa shape index (κ2) is 9.65. The maximum Gasteiger partial charge on any atom is 0.251 e. The van der Waals surface area contributed by atoms with Crippen LogP contribution in [0.1, 0.15) is 47.4 Å². The van der Waals surface area contributed by atoms with Crippen LogP contribution in [0.4, 0.5) is 4.39 Å². The highest BCUT2D eigenvalue weighted by atomic mass is 19.1. The van der Waals surface area contributed by atoms with Crippen LogP contribution in [0.25, 0.3) is 0 Å². The second-order valence-electron chi connectivity index (χ2n) is 5.88. The van der Waals surface area contributed by atoms with Crippen molar-refractivity contribution in [2.24, 2.45) is 0 Å². The molecule has 1 heterocycles. The molecule has 0 aliphatic rings. The van der Waals surface area contributed by atoms with E-state index in [1.54, 1.807) is 19.1 Å². The number of hydrogen-bond donors (Lipinski definition) is 2. The van der Waals surface area contributed by atoms with E-state index in [0.29, 0.717) is 49.5 Å². The van der Waals surface area contributed by atoms with E-state index in [0.717, 1.165) is 0 Å². The SMILES string of the molecule is CCc1noc(CCCC(=O)NCCNC(=O)c2ccc(C)c(F)c2)n1. The van der Waals surface area contributed by atoms with Crippen molar-refractivity contribution in [1.82, 2.24) is 20.8 Å². The maximum absolute atomic E-state index is 13.4. The zero-order valence-electron chi connectivity index (χ0n) is 15.0. The normalized spacial score (nSPS) is 10.6. The van der Waals surface area contributed by atoms with Gasteiger partial charge in [-0.3, -0.25) is 9.59 Å². The molecule has 0 atom stereocenters. The Morgan fingerprint density at radius 2 is 2.00 bits per heavy atom. The molecule has 0 saturated heterocycles. The van der Waals surface area contributed by atoms with Gasteiger partial charge in [0.15, 0.2) is 5.82 Å². The first-order valence-corrected chi connectivity index (χ1v) is 8.62. The summed E-state index contributed by atoms with van der Waals surface area (Å²) in [4.78, 5) is 27.8. The molecule has 2 N–H and O–H groups in total. The standard InChI is InChI=1S/C18H23FN4O3/c1-3-15-22-17(26-23-15)6-4-5-16(24)20-9-10-21-18(25)13-8-7-12(2)14(19)11-13/h7-8,11H,3-6,9-10H2,1-2H3,(H,20,24)(H,21,25). The van der Waals surface area contributed by atoms with Crippen LogP contribution in [-0.2, 0) is 17.6 Å². The van der Waals surface area contributed by atoms with E-state index >= 15 is 0 Å². The monoisotopic (exact) mass is 362 g/mol. The minimum atomic E-state index is -0.418. The summed E-state index contributed by atoms with van der Waals surface area (Å²) < 4.78 is 18.5. The Hall–Kier alpha value is -2.77. The van der Waals surface area contributed by atoms with E-state index in [4.69, 9.17) is 4.52 Å². The maximum atomic E-state index is 13.4. The number of aryl methyl sites for hydroxylation is 3. The lowest BCUT2D eigenvalue weighted by Gasteiger charge is -2.07. The predicted octanol–water partition coefficient (Wildman–Crippen LogP) is 1.95. The molecule has 0 fully saturated rings. The number of amides is 2. The van der Waals surface area contributed by atoms with Gasteiger partial charge < -0.3 is 15.2 Å². The van der Waals surface area contributed by atoms with Crippen LogP contribution in [-0.4, -0.2) is 35.0 Å². The minimum Gasteiger partial charge on any atom is -0.354 e. The molecule has 1 aromatic carbocycles. The average molecular weight is 362 g/mol. The molecular formula is C18H23FN4O3. The molecule has 0 aliphatic carbocycles. The third kappa shape index (κ3) is 5.94. The average Bonchev–Trinajstić information content (AvgIpc) is 3.09. The van der Waals surface area contributed by atoms with Crippen molar-refractivity contribution in [1.29, 1.82) is 0 Å². The second-order valence-corrected chi connectivity index (χ2v) is 5.88. The van der Waals surface area contributed by atoms with Gasteiger partial charge >= 0.3 is 0 Å². The number of halogens is 1. The number of nitrogens with zero attached hydrogens (tertiary/aromatic N) is 2. The third-order valence-corrected chi connectivity index (χ3v) is 3.79. The summed E-state index contributed by atoms with van der Waals surface area (Å²) in [6.07, 6.45) is 2.20. The Morgan fingerprint density at radius 1 is 1.23 bits per heavy atom. The first-order chi connectivity index (χ1) is 12.5. The van der Waals surface area contributed by atoms with Crippen molar-refractivity contribution in [3.63, 3.8) is 0 Å². The fourth-order valence-corrected chi connectivity index (χ4v) is 2.24. The van der Waals surface area contributed by atoms with E-state index in [2.05, 4.69) is 20.8 Å². The van der Waals surface area contributed by atoms with Crippen molar-refractivity contribution in [3.8, 4) is 0 Å². The number of hydrogen-bond acceptors (Lipinski definition) is 5. The number of benzene rings is 1. The predicted molar refractivity (Wildman–Crippen MR) is 93.1 cm³/mol. The Morgan fingerprint density at radius 3 is 2.69 bits per heavy atom. The summed E-state index contributed by atoms with van der Waals surface area (Å²) in [5, 5.41) is 9.15. The largest absolute Gasteiger partial charge is 0.354 e. The van der Waals surface area contributed by atoms with Gasteiger partial charge in [0, 0.05) is 37.9 Å². The van der Waals surface area contributed by atoms with Crippen LogP contribution in [0.5, 0.6) is 0 Å². The molecule has 8 heteroatoms. The topological polar surface area (TPSA) is 97.1 Å². The molecule has 1 aromatic heterocycles. The lowest BCUT2D eigenvalue weighted by atomic mass is 10.1. The van der Waals surface area contributed by atoms with Crippen LogP contribution in [0.15, 0.2) is 22.7 Å². The van der Waals surface area contributed by atoms with Gasteiger partial charge in [-0.2, -0.15) is 4.98 Å². The number of aromatic nitrogens is 2. The summed E-state index contributed by atoms with van der Waals surface area (Å²) in [6, 6.07) is 4.32. The van der Waals surface area contributed by atoms with Gasteiger partial charge in [-0.05, 0) is 31.0 Å². The molecule has 2 rings (SSSR count). The Labute approximate surface area is 151 Å². The summed E-state index contributed by atoms with van der Waals surface area (Å²) >= 11 is 0. The highest BCUT2D eigenvalue weighted by molar-refractivity contribution is 5.94. The van der Waals surface area contributed by atoms with Gasteiger partial charge in [-0.1, -0.05) is 18.1 Å². The Kier molecular flexibility index (Phi) is 7.25. The van der Waals surface area contributed by atoms with Gasteiger partial charge in [-0.15, -0.1) is 0 Å². The molecular weight excluding hydrogens is 339 g/mol. The molecule has 26 heavy (non-hydrogen) atoms. The zero-order valence-corrected chi connectivity index (χ0v) is 15.0. The van der Waals surface area contributed by atoms with Crippen LogP contribution < -0.4 is 10.6 Å². The van der Waals surface area contributed by atoms with Crippen LogP contribution in [0.2, 0.25) is 0 Å². The highest BCUT2D eigenvalue weighted by Crippen LogP contribution is 2.08. The summed E-state index contributed by atoms with van der Waals surface area (Å²) in [5.41, 5.74) is 0.741. The van der Waals surface area contributed by atoms with Gasteiger partial charge in [0.2, 0.25) is 11.8 Å². The fraction of sp³-hybridized carbons (Fsp3) is 0.444. The first kappa shape index (κ1) is 19.6. The van der Waals surface area contributed by atoms with E-state index in [1.165, 1.54) is 6.07 Å². The van der Waals surface area contributed by atoms with Crippen LogP contribution in [0, 0.1) is 12.7 Å². The van der Waals surface area contributed by atoms with E-state index < -0.39 is 5.82 Å². The molecule has 140 valence electrons. The van der Waals surface area contributed by atoms with E-state index in [9.17, 15) is 14.0 Å². The number of nitrogens with one attached hydrogen (secondary N) is 2. The molecule has 0 aliphatic heterocycles. The minimum absolute atomic E-state index is 0.115. The Bertz CT molecular complexity index is 761. The summed E-state index contributed by atoms with van der Waals surface area (Å²) in [7, 11) is 0. The smallest absolute Gasteiger partial charge is 0.251 e. The van der Waals surface area contributed by atoms with Gasteiger partial charge in [0.05, 0.1) is 0 Å². The summed E-state index contributed by atoms with van der Waals surface area (Å²) in [6.45, 7) is 4.15. The summed E-state index contributed by atoms with van der Waals surface area (Å²) in [5.74, 6) is 0.288. The van der Waals surface area contributed by atoms with Gasteiger partial charge in [-0.25, -0.2) is 4.39 Å². The first-order valence-electron chi connectivity index (χ1n) is 8.62. The van der Waals surface area contributed by atoms with Gasteiger partial charge in [0.1, 0.15) is 5.82 Å². The van der Waals surface area contributed by atoms with Crippen LogP contribution >= 0.6 is 0 Å². The molecule has 0 unspecified atom stereocenters. The molecule has 0 bridgehead atoms. The molecule has 0 spiro atoms. The highest BCUT2D eigenvalue weighted by Gasteiger charge is 2.09. The number of carbonyl (C=O) groups is 2. The lowest BCUT2D eigenvalue weighted by Crippen LogP contribution is -2.34. The molecule has 0 radical (unpaired) electrons. The van der Waals surface area contributed by atoms with Crippen molar-refractivity contribution < 1.29 is 18.5 Å². The van der Waals surface area contributed by atoms with E-state index in [1.807, 2.05) is 6.92 Å². The quantitative estimate of drug-likeness (QED) is 0.665. The molecule has 2 amide bonds.